The molecule has 0 bridgehead atoms. The molecule has 0 aromatic heterocycles. The Morgan fingerprint density at radius 2 is 1.92 bits per heavy atom. The lowest BCUT2D eigenvalue weighted by Gasteiger charge is -2.15. The minimum atomic E-state index is -4.02. The summed E-state index contributed by atoms with van der Waals surface area (Å²) < 4.78 is 40.6. The van der Waals surface area contributed by atoms with Crippen LogP contribution in [0.15, 0.2) is 47.4 Å². The Balaban J connectivity index is 2.33. The number of sulfonamides is 1. The van der Waals surface area contributed by atoms with Gasteiger partial charge in [-0.3, -0.25) is 9.52 Å². The quantitative estimate of drug-likeness (QED) is 0.795. The number of halogens is 2. The summed E-state index contributed by atoms with van der Waals surface area (Å²) >= 11 is 5.65. The molecule has 0 spiro atoms. The van der Waals surface area contributed by atoms with E-state index >= 15 is 0 Å². The lowest BCUT2D eigenvalue weighted by Crippen LogP contribution is -2.32. The topological polar surface area (TPSA) is 75.3 Å². The SMILES string of the molecule is CC[C@@H](C)NC(=O)c1ccccc1NS(=O)(=O)c1ccc(F)c(Cl)c1. The Morgan fingerprint density at radius 3 is 2.56 bits per heavy atom. The summed E-state index contributed by atoms with van der Waals surface area (Å²) in [7, 11) is -4.02. The molecule has 8 heteroatoms. The van der Waals surface area contributed by atoms with Crippen LogP contribution in [0.4, 0.5) is 10.1 Å². The van der Waals surface area contributed by atoms with Gasteiger partial charge in [-0.2, -0.15) is 0 Å². The van der Waals surface area contributed by atoms with Crippen molar-refractivity contribution in [1.82, 2.24) is 5.32 Å². The van der Waals surface area contributed by atoms with Gasteiger partial charge in [-0.05, 0) is 43.7 Å². The smallest absolute Gasteiger partial charge is 0.261 e. The van der Waals surface area contributed by atoms with Crippen LogP contribution in [-0.4, -0.2) is 20.4 Å². The van der Waals surface area contributed by atoms with E-state index in [2.05, 4.69) is 10.0 Å². The van der Waals surface area contributed by atoms with E-state index in [1.165, 1.54) is 12.1 Å². The Bertz CT molecular complexity index is 887. The second kappa shape index (κ2) is 7.84. The Hall–Kier alpha value is -2.12. The standard InChI is InChI=1S/C17H18ClFN2O3S/c1-3-11(2)20-17(22)13-6-4-5-7-16(13)21-25(23,24)12-8-9-15(19)14(18)10-12/h4-11,21H,3H2,1-2H3,(H,20,22)/t11-/m1/s1. The number of benzene rings is 2. The van der Waals surface area contributed by atoms with Gasteiger partial charge < -0.3 is 5.32 Å². The van der Waals surface area contributed by atoms with E-state index in [4.69, 9.17) is 11.6 Å². The molecule has 0 aliphatic heterocycles. The lowest BCUT2D eigenvalue weighted by atomic mass is 10.1. The maximum Gasteiger partial charge on any atom is 0.261 e. The predicted molar refractivity (Wildman–Crippen MR) is 95.9 cm³/mol. The molecule has 2 rings (SSSR count). The molecule has 0 fully saturated rings. The average molecular weight is 385 g/mol. The average Bonchev–Trinajstić information content (AvgIpc) is 2.57. The summed E-state index contributed by atoms with van der Waals surface area (Å²) in [5.41, 5.74) is 0.323. The van der Waals surface area contributed by atoms with Crippen molar-refractivity contribution in [2.24, 2.45) is 0 Å². The largest absolute Gasteiger partial charge is 0.350 e. The van der Waals surface area contributed by atoms with Crippen molar-refractivity contribution >= 4 is 33.2 Å². The molecule has 0 aliphatic carbocycles. The molecule has 0 saturated heterocycles. The molecule has 0 radical (unpaired) electrons. The van der Waals surface area contributed by atoms with Crippen molar-refractivity contribution in [3.63, 3.8) is 0 Å². The van der Waals surface area contributed by atoms with E-state index in [1.54, 1.807) is 12.1 Å². The molecule has 25 heavy (non-hydrogen) atoms. The Kier molecular flexibility index (Phi) is 6.02. The third kappa shape index (κ3) is 4.70. The van der Waals surface area contributed by atoms with Crippen molar-refractivity contribution in [2.45, 2.75) is 31.2 Å². The van der Waals surface area contributed by atoms with Crippen LogP contribution in [0.25, 0.3) is 0 Å². The second-order valence-corrected chi connectivity index (χ2v) is 7.60. The van der Waals surface area contributed by atoms with Crippen LogP contribution in [0.1, 0.15) is 30.6 Å². The molecule has 2 N–H and O–H groups in total. The first-order valence-electron chi connectivity index (χ1n) is 7.62. The highest BCUT2D eigenvalue weighted by Gasteiger charge is 2.20. The third-order valence-electron chi connectivity index (χ3n) is 3.61. The van der Waals surface area contributed by atoms with Crippen LogP contribution < -0.4 is 10.0 Å². The van der Waals surface area contributed by atoms with Crippen LogP contribution in [0, 0.1) is 5.82 Å². The summed E-state index contributed by atoms with van der Waals surface area (Å²) in [5, 5.41) is 2.48. The number of hydrogen-bond donors (Lipinski definition) is 2. The highest BCUT2D eigenvalue weighted by atomic mass is 35.5. The van der Waals surface area contributed by atoms with Crippen LogP contribution in [0.5, 0.6) is 0 Å². The van der Waals surface area contributed by atoms with Gasteiger partial charge in [0.1, 0.15) is 5.82 Å². The zero-order chi connectivity index (χ0) is 18.6. The first-order valence-corrected chi connectivity index (χ1v) is 9.48. The molecule has 2 aromatic carbocycles. The van der Waals surface area contributed by atoms with Gasteiger partial charge in [0.05, 0.1) is 21.2 Å². The molecule has 134 valence electrons. The zero-order valence-corrected chi connectivity index (χ0v) is 15.3. The van der Waals surface area contributed by atoms with Gasteiger partial charge in [-0.25, -0.2) is 12.8 Å². The highest BCUT2D eigenvalue weighted by molar-refractivity contribution is 7.92. The minimum Gasteiger partial charge on any atom is -0.350 e. The summed E-state index contributed by atoms with van der Waals surface area (Å²) in [6.07, 6.45) is 0.744. The van der Waals surface area contributed by atoms with Crippen molar-refractivity contribution in [1.29, 1.82) is 0 Å². The molecule has 1 atom stereocenters. The molecule has 0 aliphatic rings. The van der Waals surface area contributed by atoms with E-state index in [-0.39, 0.29) is 33.1 Å². The van der Waals surface area contributed by atoms with Gasteiger partial charge in [0.2, 0.25) is 0 Å². The summed E-state index contributed by atoms with van der Waals surface area (Å²) in [6, 6.07) is 9.29. The highest BCUT2D eigenvalue weighted by Crippen LogP contribution is 2.23. The predicted octanol–water partition coefficient (Wildman–Crippen LogP) is 3.81. The van der Waals surface area contributed by atoms with Gasteiger partial charge in [0.25, 0.3) is 15.9 Å². The van der Waals surface area contributed by atoms with Gasteiger partial charge in [-0.15, -0.1) is 0 Å². The first-order chi connectivity index (χ1) is 11.7. The number of carbonyl (C=O) groups is 1. The molecule has 2 aromatic rings. The van der Waals surface area contributed by atoms with Gasteiger partial charge in [0.15, 0.2) is 0 Å². The zero-order valence-electron chi connectivity index (χ0n) is 13.7. The maximum atomic E-state index is 13.2. The Labute approximate surface area is 151 Å². The fourth-order valence-electron chi connectivity index (χ4n) is 2.02. The van der Waals surface area contributed by atoms with E-state index in [1.807, 2.05) is 13.8 Å². The van der Waals surface area contributed by atoms with Gasteiger partial charge >= 0.3 is 0 Å². The van der Waals surface area contributed by atoms with Crippen LogP contribution in [0.2, 0.25) is 5.02 Å². The maximum absolute atomic E-state index is 13.2. The monoisotopic (exact) mass is 384 g/mol. The summed E-state index contributed by atoms with van der Waals surface area (Å²) in [5.74, 6) is -1.10. The fraction of sp³-hybridized carbons (Fsp3) is 0.235. The summed E-state index contributed by atoms with van der Waals surface area (Å²) in [4.78, 5) is 12.1. The molecule has 0 saturated carbocycles. The fourth-order valence-corrected chi connectivity index (χ4v) is 3.37. The second-order valence-electron chi connectivity index (χ2n) is 5.51. The number of para-hydroxylation sites is 1. The Morgan fingerprint density at radius 1 is 1.24 bits per heavy atom. The molecule has 1 amide bonds. The number of rotatable bonds is 6. The normalized spacial score (nSPS) is 12.5. The number of nitrogens with one attached hydrogen (secondary N) is 2. The van der Waals surface area contributed by atoms with Crippen LogP contribution in [0.3, 0.4) is 0 Å². The summed E-state index contributed by atoms with van der Waals surface area (Å²) in [6.45, 7) is 3.78. The van der Waals surface area contributed by atoms with Crippen LogP contribution in [-0.2, 0) is 10.0 Å². The van der Waals surface area contributed by atoms with E-state index in [9.17, 15) is 17.6 Å². The van der Waals surface area contributed by atoms with Crippen molar-refractivity contribution in [3.05, 3.63) is 58.9 Å². The van der Waals surface area contributed by atoms with E-state index in [0.29, 0.717) is 0 Å². The molecular weight excluding hydrogens is 367 g/mol. The van der Waals surface area contributed by atoms with Crippen molar-refractivity contribution in [3.8, 4) is 0 Å². The number of carbonyl (C=O) groups excluding carboxylic acids is 1. The van der Waals surface area contributed by atoms with Gasteiger partial charge in [-0.1, -0.05) is 30.7 Å². The number of anilines is 1. The minimum absolute atomic E-state index is 0.0481. The molecular formula is C17H18ClFN2O3S. The van der Waals surface area contributed by atoms with Crippen LogP contribution >= 0.6 is 11.6 Å². The molecule has 0 unspecified atom stereocenters. The third-order valence-corrected chi connectivity index (χ3v) is 5.26. The molecule has 5 nitrogen and oxygen atoms in total. The van der Waals surface area contributed by atoms with E-state index < -0.39 is 15.8 Å². The first kappa shape index (κ1) is 19.2. The molecule has 0 heterocycles. The number of hydrogen-bond acceptors (Lipinski definition) is 3. The van der Waals surface area contributed by atoms with Crippen molar-refractivity contribution in [2.75, 3.05) is 4.72 Å². The van der Waals surface area contributed by atoms with Crippen molar-refractivity contribution < 1.29 is 17.6 Å². The number of amides is 1. The van der Waals surface area contributed by atoms with Gasteiger partial charge in [0, 0.05) is 6.04 Å². The van der Waals surface area contributed by atoms with E-state index in [0.717, 1.165) is 24.6 Å². The lowest BCUT2D eigenvalue weighted by molar-refractivity contribution is 0.0940.